The van der Waals surface area contributed by atoms with Gasteiger partial charge in [0.1, 0.15) is 12.4 Å². The molecule has 114 valence electrons. The second-order valence-electron chi connectivity index (χ2n) is 6.56. The summed E-state index contributed by atoms with van der Waals surface area (Å²) in [6.07, 6.45) is 8.15. The van der Waals surface area contributed by atoms with Gasteiger partial charge in [0.15, 0.2) is 0 Å². The lowest BCUT2D eigenvalue weighted by atomic mass is 9.87. The lowest BCUT2D eigenvalue weighted by Gasteiger charge is -2.22. The van der Waals surface area contributed by atoms with Crippen molar-refractivity contribution in [2.24, 2.45) is 5.92 Å². The molecule has 0 radical (unpaired) electrons. The predicted octanol–water partition coefficient (Wildman–Crippen LogP) is 4.12. The topological polar surface area (TPSA) is 38.1 Å². The SMILES string of the molecule is Cc1cc2nc(CO)n(CCC3CCCCC3)c2cc1C. The van der Waals surface area contributed by atoms with Crippen LogP contribution in [0.25, 0.3) is 11.0 Å². The summed E-state index contributed by atoms with van der Waals surface area (Å²) in [5.74, 6) is 1.67. The average Bonchev–Trinajstić information content (AvgIpc) is 2.83. The van der Waals surface area contributed by atoms with Gasteiger partial charge in [-0.25, -0.2) is 4.98 Å². The number of aryl methyl sites for hydroxylation is 3. The van der Waals surface area contributed by atoms with E-state index in [4.69, 9.17) is 0 Å². The van der Waals surface area contributed by atoms with Crippen LogP contribution in [0.1, 0.15) is 55.5 Å². The fourth-order valence-electron chi connectivity index (χ4n) is 3.59. The molecule has 0 aliphatic heterocycles. The van der Waals surface area contributed by atoms with Crippen molar-refractivity contribution in [2.75, 3.05) is 0 Å². The Bertz CT molecular complexity index is 624. The van der Waals surface area contributed by atoms with E-state index in [1.54, 1.807) is 0 Å². The van der Waals surface area contributed by atoms with Crippen LogP contribution in [0.2, 0.25) is 0 Å². The molecule has 0 saturated heterocycles. The van der Waals surface area contributed by atoms with Gasteiger partial charge in [-0.05, 0) is 49.4 Å². The molecule has 1 saturated carbocycles. The Morgan fingerprint density at radius 1 is 1.14 bits per heavy atom. The molecular weight excluding hydrogens is 260 g/mol. The third-order valence-electron chi connectivity index (χ3n) is 5.07. The molecule has 1 aliphatic carbocycles. The number of benzene rings is 1. The van der Waals surface area contributed by atoms with Crippen LogP contribution in [0.4, 0.5) is 0 Å². The highest BCUT2D eigenvalue weighted by Crippen LogP contribution is 2.28. The van der Waals surface area contributed by atoms with E-state index in [0.29, 0.717) is 0 Å². The van der Waals surface area contributed by atoms with Gasteiger partial charge in [-0.15, -0.1) is 0 Å². The molecule has 1 aromatic carbocycles. The van der Waals surface area contributed by atoms with E-state index < -0.39 is 0 Å². The largest absolute Gasteiger partial charge is 0.388 e. The van der Waals surface area contributed by atoms with E-state index in [-0.39, 0.29) is 6.61 Å². The van der Waals surface area contributed by atoms with Crippen molar-refractivity contribution in [3.8, 4) is 0 Å². The molecular formula is C18H26N2O. The number of fused-ring (bicyclic) bond motifs is 1. The zero-order valence-corrected chi connectivity index (χ0v) is 13.2. The normalized spacial score (nSPS) is 16.7. The van der Waals surface area contributed by atoms with Gasteiger partial charge < -0.3 is 9.67 Å². The van der Waals surface area contributed by atoms with Crippen molar-refractivity contribution >= 4 is 11.0 Å². The molecule has 1 heterocycles. The van der Waals surface area contributed by atoms with Crippen LogP contribution >= 0.6 is 0 Å². The summed E-state index contributed by atoms with van der Waals surface area (Å²) in [6, 6.07) is 4.36. The maximum absolute atomic E-state index is 9.61. The Labute approximate surface area is 127 Å². The van der Waals surface area contributed by atoms with E-state index in [2.05, 4.69) is 35.5 Å². The molecule has 1 aliphatic rings. The average molecular weight is 286 g/mol. The van der Waals surface area contributed by atoms with Gasteiger partial charge in [-0.1, -0.05) is 32.1 Å². The molecule has 3 rings (SSSR count). The minimum Gasteiger partial charge on any atom is -0.388 e. The fourth-order valence-corrected chi connectivity index (χ4v) is 3.59. The van der Waals surface area contributed by atoms with Gasteiger partial charge in [0, 0.05) is 6.54 Å². The molecule has 1 aromatic heterocycles. The first kappa shape index (κ1) is 14.6. The summed E-state index contributed by atoms with van der Waals surface area (Å²) >= 11 is 0. The van der Waals surface area contributed by atoms with Crippen molar-refractivity contribution < 1.29 is 5.11 Å². The number of hydrogen-bond donors (Lipinski definition) is 1. The van der Waals surface area contributed by atoms with Crippen LogP contribution in [-0.2, 0) is 13.2 Å². The first-order chi connectivity index (χ1) is 10.2. The number of aliphatic hydroxyl groups is 1. The standard InChI is InChI=1S/C18H26N2O/c1-13-10-16-17(11-14(13)2)20(18(12-21)19-16)9-8-15-6-4-3-5-7-15/h10-11,15,21H,3-9,12H2,1-2H3. The Balaban J connectivity index is 1.86. The van der Waals surface area contributed by atoms with Gasteiger partial charge in [-0.2, -0.15) is 0 Å². The van der Waals surface area contributed by atoms with Gasteiger partial charge in [0.2, 0.25) is 0 Å². The molecule has 3 nitrogen and oxygen atoms in total. The summed E-state index contributed by atoms with van der Waals surface area (Å²) in [7, 11) is 0. The van der Waals surface area contributed by atoms with Crippen LogP contribution in [0.15, 0.2) is 12.1 Å². The Morgan fingerprint density at radius 2 is 1.86 bits per heavy atom. The molecule has 3 heteroatoms. The van der Waals surface area contributed by atoms with Crippen LogP contribution in [0.5, 0.6) is 0 Å². The second-order valence-corrected chi connectivity index (χ2v) is 6.56. The zero-order chi connectivity index (χ0) is 14.8. The quantitative estimate of drug-likeness (QED) is 0.918. The maximum Gasteiger partial charge on any atom is 0.135 e. The fraction of sp³-hybridized carbons (Fsp3) is 0.611. The van der Waals surface area contributed by atoms with E-state index in [1.807, 2.05) is 0 Å². The first-order valence-electron chi connectivity index (χ1n) is 8.26. The molecule has 0 atom stereocenters. The molecule has 1 N–H and O–H groups in total. The molecule has 0 spiro atoms. The van der Waals surface area contributed by atoms with E-state index >= 15 is 0 Å². The number of hydrogen-bond acceptors (Lipinski definition) is 2. The van der Waals surface area contributed by atoms with Crippen molar-refractivity contribution in [3.63, 3.8) is 0 Å². The minimum absolute atomic E-state index is 0.0252. The third-order valence-corrected chi connectivity index (χ3v) is 5.07. The highest BCUT2D eigenvalue weighted by molar-refractivity contribution is 5.78. The minimum atomic E-state index is 0.0252. The van der Waals surface area contributed by atoms with Crippen molar-refractivity contribution in [1.29, 1.82) is 0 Å². The lowest BCUT2D eigenvalue weighted by molar-refractivity contribution is 0.261. The molecule has 21 heavy (non-hydrogen) atoms. The monoisotopic (exact) mass is 286 g/mol. The number of aliphatic hydroxyl groups excluding tert-OH is 1. The summed E-state index contributed by atoms with van der Waals surface area (Å²) in [5, 5.41) is 9.61. The number of rotatable bonds is 4. The Kier molecular flexibility index (Phi) is 4.29. The van der Waals surface area contributed by atoms with E-state index in [1.165, 1.54) is 55.2 Å². The molecule has 1 fully saturated rings. The summed E-state index contributed by atoms with van der Waals surface area (Å²) in [5.41, 5.74) is 4.76. The van der Waals surface area contributed by atoms with Crippen molar-refractivity contribution in [2.45, 2.75) is 65.5 Å². The third kappa shape index (κ3) is 2.98. The van der Waals surface area contributed by atoms with Crippen LogP contribution in [0.3, 0.4) is 0 Å². The number of nitrogens with zero attached hydrogens (tertiary/aromatic N) is 2. The second kappa shape index (κ2) is 6.18. The lowest BCUT2D eigenvalue weighted by Crippen LogP contribution is -2.12. The van der Waals surface area contributed by atoms with Gasteiger partial charge in [0.25, 0.3) is 0 Å². The highest BCUT2D eigenvalue weighted by Gasteiger charge is 2.16. The molecule has 2 aromatic rings. The molecule has 0 bridgehead atoms. The first-order valence-corrected chi connectivity index (χ1v) is 8.26. The summed E-state index contributed by atoms with van der Waals surface area (Å²) in [4.78, 5) is 4.61. The maximum atomic E-state index is 9.61. The van der Waals surface area contributed by atoms with Crippen molar-refractivity contribution in [3.05, 3.63) is 29.1 Å². The smallest absolute Gasteiger partial charge is 0.135 e. The predicted molar refractivity (Wildman–Crippen MR) is 86.3 cm³/mol. The number of aromatic nitrogens is 2. The van der Waals surface area contributed by atoms with E-state index in [0.717, 1.165) is 23.8 Å². The van der Waals surface area contributed by atoms with Gasteiger partial charge in [0.05, 0.1) is 11.0 Å². The van der Waals surface area contributed by atoms with Crippen molar-refractivity contribution in [1.82, 2.24) is 9.55 Å². The van der Waals surface area contributed by atoms with Crippen LogP contribution in [0, 0.1) is 19.8 Å². The van der Waals surface area contributed by atoms with Crippen LogP contribution < -0.4 is 0 Å². The molecule has 0 amide bonds. The number of imidazole rings is 1. The zero-order valence-electron chi connectivity index (χ0n) is 13.2. The summed E-state index contributed by atoms with van der Waals surface area (Å²) in [6.45, 7) is 5.28. The molecule has 0 unspecified atom stereocenters. The Hall–Kier alpha value is -1.35. The van der Waals surface area contributed by atoms with Gasteiger partial charge >= 0.3 is 0 Å². The Morgan fingerprint density at radius 3 is 2.57 bits per heavy atom. The summed E-state index contributed by atoms with van der Waals surface area (Å²) < 4.78 is 2.23. The van der Waals surface area contributed by atoms with Gasteiger partial charge in [-0.3, -0.25) is 0 Å². The van der Waals surface area contributed by atoms with Crippen LogP contribution in [-0.4, -0.2) is 14.7 Å². The van der Waals surface area contributed by atoms with E-state index in [9.17, 15) is 5.11 Å². The highest BCUT2D eigenvalue weighted by atomic mass is 16.3.